The number of benzene rings is 1. The van der Waals surface area contributed by atoms with Gasteiger partial charge in [0.25, 0.3) is 0 Å². The second kappa shape index (κ2) is 4.77. The highest BCUT2D eigenvalue weighted by molar-refractivity contribution is 5.63. The Kier molecular flexibility index (Phi) is 3.37. The number of hydrogen-bond donors (Lipinski definition) is 2. The Morgan fingerprint density at radius 3 is 2.44 bits per heavy atom. The number of nitrogens with one attached hydrogen (secondary N) is 1. The van der Waals surface area contributed by atoms with Crippen molar-refractivity contribution in [1.29, 1.82) is 0 Å². The van der Waals surface area contributed by atoms with Crippen LogP contribution in [-0.4, -0.2) is 6.04 Å². The van der Waals surface area contributed by atoms with Gasteiger partial charge in [-0.1, -0.05) is 19.3 Å². The second-order valence-electron chi connectivity index (χ2n) is 4.93. The third-order valence-corrected chi connectivity index (χ3v) is 3.79. The molecule has 0 heterocycles. The average molecular weight is 218 g/mol. The molecule has 0 amide bonds. The van der Waals surface area contributed by atoms with Gasteiger partial charge in [-0.3, -0.25) is 0 Å². The minimum atomic E-state index is 0.662. The fourth-order valence-electron chi connectivity index (χ4n) is 2.46. The fraction of sp³-hybridized carbons (Fsp3) is 0.571. The first-order chi connectivity index (χ1) is 7.68. The van der Waals surface area contributed by atoms with E-state index in [4.69, 9.17) is 5.73 Å². The van der Waals surface area contributed by atoms with Crippen LogP contribution in [-0.2, 0) is 0 Å². The van der Waals surface area contributed by atoms with E-state index in [1.807, 2.05) is 6.07 Å². The topological polar surface area (TPSA) is 38.0 Å². The van der Waals surface area contributed by atoms with Crippen molar-refractivity contribution in [1.82, 2.24) is 0 Å². The van der Waals surface area contributed by atoms with Gasteiger partial charge in [0, 0.05) is 17.4 Å². The molecule has 0 aliphatic heterocycles. The lowest BCUT2D eigenvalue weighted by Gasteiger charge is -2.25. The van der Waals surface area contributed by atoms with E-state index in [1.165, 1.54) is 48.9 Å². The van der Waals surface area contributed by atoms with Crippen molar-refractivity contribution in [3.8, 4) is 0 Å². The van der Waals surface area contributed by atoms with Crippen molar-refractivity contribution in [3.63, 3.8) is 0 Å². The molecule has 0 radical (unpaired) electrons. The highest BCUT2D eigenvalue weighted by Crippen LogP contribution is 2.27. The Morgan fingerprint density at radius 1 is 1.06 bits per heavy atom. The van der Waals surface area contributed by atoms with Crippen LogP contribution in [0, 0.1) is 13.8 Å². The maximum absolute atomic E-state index is 5.89. The van der Waals surface area contributed by atoms with Crippen LogP contribution in [0.4, 0.5) is 11.4 Å². The minimum absolute atomic E-state index is 0.662. The predicted molar refractivity (Wildman–Crippen MR) is 70.8 cm³/mol. The quantitative estimate of drug-likeness (QED) is 0.744. The molecule has 1 aromatic rings. The van der Waals surface area contributed by atoms with E-state index in [1.54, 1.807) is 0 Å². The molecule has 3 N–H and O–H groups in total. The first-order valence-corrected chi connectivity index (χ1v) is 6.30. The van der Waals surface area contributed by atoms with E-state index in [-0.39, 0.29) is 0 Å². The molecular formula is C14H22N2. The summed E-state index contributed by atoms with van der Waals surface area (Å²) in [5, 5.41) is 3.66. The summed E-state index contributed by atoms with van der Waals surface area (Å²) in [5.74, 6) is 0. The zero-order valence-corrected chi connectivity index (χ0v) is 10.3. The summed E-state index contributed by atoms with van der Waals surface area (Å²) in [4.78, 5) is 0. The van der Waals surface area contributed by atoms with E-state index in [9.17, 15) is 0 Å². The van der Waals surface area contributed by atoms with Crippen molar-refractivity contribution < 1.29 is 0 Å². The summed E-state index contributed by atoms with van der Waals surface area (Å²) in [6.07, 6.45) is 6.75. The molecule has 88 valence electrons. The van der Waals surface area contributed by atoms with Gasteiger partial charge in [0.1, 0.15) is 0 Å². The van der Waals surface area contributed by atoms with Crippen LogP contribution in [0.3, 0.4) is 0 Å². The third-order valence-electron chi connectivity index (χ3n) is 3.79. The Bertz CT molecular complexity index is 365. The first kappa shape index (κ1) is 11.3. The molecule has 0 spiro atoms. The molecular weight excluding hydrogens is 196 g/mol. The van der Waals surface area contributed by atoms with Crippen LogP contribution in [0.1, 0.15) is 43.2 Å². The molecule has 2 rings (SSSR count). The second-order valence-corrected chi connectivity index (χ2v) is 4.93. The van der Waals surface area contributed by atoms with Gasteiger partial charge in [0.05, 0.1) is 0 Å². The van der Waals surface area contributed by atoms with Gasteiger partial charge in [0.2, 0.25) is 0 Å². The van der Waals surface area contributed by atoms with E-state index in [2.05, 4.69) is 25.2 Å². The number of hydrogen-bond acceptors (Lipinski definition) is 2. The smallest absolute Gasteiger partial charge is 0.0376 e. The molecule has 0 bridgehead atoms. The molecule has 1 aromatic carbocycles. The average Bonchev–Trinajstić information content (AvgIpc) is 2.31. The summed E-state index contributed by atoms with van der Waals surface area (Å²) in [6.45, 7) is 4.24. The molecule has 2 nitrogen and oxygen atoms in total. The fourth-order valence-corrected chi connectivity index (χ4v) is 2.46. The van der Waals surface area contributed by atoms with E-state index < -0.39 is 0 Å². The van der Waals surface area contributed by atoms with Gasteiger partial charge < -0.3 is 11.1 Å². The van der Waals surface area contributed by atoms with Gasteiger partial charge in [-0.2, -0.15) is 0 Å². The van der Waals surface area contributed by atoms with Crippen LogP contribution < -0.4 is 11.1 Å². The van der Waals surface area contributed by atoms with Gasteiger partial charge in [0.15, 0.2) is 0 Å². The van der Waals surface area contributed by atoms with Gasteiger partial charge in [-0.05, 0) is 49.9 Å². The molecule has 0 atom stereocenters. The highest BCUT2D eigenvalue weighted by atomic mass is 14.9. The summed E-state index contributed by atoms with van der Waals surface area (Å²) in [6, 6.07) is 4.79. The Balaban J connectivity index is 2.11. The Morgan fingerprint density at radius 2 is 1.75 bits per heavy atom. The summed E-state index contributed by atoms with van der Waals surface area (Å²) >= 11 is 0. The molecule has 2 heteroatoms. The Labute approximate surface area is 98.2 Å². The van der Waals surface area contributed by atoms with Crippen LogP contribution in [0.2, 0.25) is 0 Å². The van der Waals surface area contributed by atoms with Gasteiger partial charge in [-0.25, -0.2) is 0 Å². The molecule has 1 saturated carbocycles. The maximum atomic E-state index is 5.89. The maximum Gasteiger partial charge on any atom is 0.0376 e. The van der Waals surface area contributed by atoms with Crippen LogP contribution in [0.5, 0.6) is 0 Å². The monoisotopic (exact) mass is 218 g/mol. The lowest BCUT2D eigenvalue weighted by atomic mass is 9.94. The van der Waals surface area contributed by atoms with E-state index in [0.29, 0.717) is 6.04 Å². The van der Waals surface area contributed by atoms with Crippen molar-refractivity contribution in [2.24, 2.45) is 0 Å². The largest absolute Gasteiger partial charge is 0.399 e. The third kappa shape index (κ3) is 2.31. The van der Waals surface area contributed by atoms with Crippen molar-refractivity contribution in [3.05, 3.63) is 23.3 Å². The SMILES string of the molecule is Cc1c(N)ccc(NC2CCCCC2)c1C. The lowest BCUT2D eigenvalue weighted by molar-refractivity contribution is 0.462. The number of nitrogen functional groups attached to an aromatic ring is 1. The standard InChI is InChI=1S/C14H22N2/c1-10-11(2)14(9-8-13(10)15)16-12-6-4-3-5-7-12/h8-9,12,16H,3-7,15H2,1-2H3. The highest BCUT2D eigenvalue weighted by Gasteiger charge is 2.14. The predicted octanol–water partition coefficient (Wildman–Crippen LogP) is 3.63. The van der Waals surface area contributed by atoms with Crippen molar-refractivity contribution in [2.45, 2.75) is 52.0 Å². The van der Waals surface area contributed by atoms with Crippen LogP contribution in [0.25, 0.3) is 0 Å². The molecule has 1 aliphatic carbocycles. The van der Waals surface area contributed by atoms with Crippen molar-refractivity contribution >= 4 is 11.4 Å². The molecule has 0 aromatic heterocycles. The van der Waals surface area contributed by atoms with Crippen molar-refractivity contribution in [2.75, 3.05) is 11.1 Å². The zero-order valence-electron chi connectivity index (χ0n) is 10.3. The molecule has 1 fully saturated rings. The number of anilines is 2. The molecule has 0 unspecified atom stereocenters. The van der Waals surface area contributed by atoms with Gasteiger partial charge in [-0.15, -0.1) is 0 Å². The molecule has 16 heavy (non-hydrogen) atoms. The summed E-state index contributed by atoms with van der Waals surface area (Å²) < 4.78 is 0. The molecule has 1 aliphatic rings. The first-order valence-electron chi connectivity index (χ1n) is 6.30. The minimum Gasteiger partial charge on any atom is -0.399 e. The van der Waals surface area contributed by atoms with Gasteiger partial charge >= 0.3 is 0 Å². The van der Waals surface area contributed by atoms with E-state index in [0.717, 1.165) is 5.69 Å². The van der Waals surface area contributed by atoms with Crippen LogP contribution in [0.15, 0.2) is 12.1 Å². The summed E-state index contributed by atoms with van der Waals surface area (Å²) in [5.41, 5.74) is 10.6. The zero-order chi connectivity index (χ0) is 11.5. The van der Waals surface area contributed by atoms with E-state index >= 15 is 0 Å². The number of rotatable bonds is 2. The molecule has 0 saturated heterocycles. The lowest BCUT2D eigenvalue weighted by Crippen LogP contribution is -2.22. The summed E-state index contributed by atoms with van der Waals surface area (Å²) in [7, 11) is 0. The van der Waals surface area contributed by atoms with Crippen LogP contribution >= 0.6 is 0 Å². The number of nitrogens with two attached hydrogens (primary N) is 1. The normalized spacial score (nSPS) is 17.4. The Hall–Kier alpha value is -1.18.